The van der Waals surface area contributed by atoms with Crippen LogP contribution < -0.4 is 15.8 Å². The second-order valence-corrected chi connectivity index (χ2v) is 4.14. The fourth-order valence-corrected chi connectivity index (χ4v) is 1.55. The van der Waals surface area contributed by atoms with Crippen LogP contribution in [0.5, 0.6) is 5.75 Å². The van der Waals surface area contributed by atoms with Crippen LogP contribution in [0.3, 0.4) is 0 Å². The summed E-state index contributed by atoms with van der Waals surface area (Å²) in [6, 6.07) is 5.42. The molecule has 96 valence electrons. The van der Waals surface area contributed by atoms with Gasteiger partial charge < -0.3 is 15.8 Å². The third kappa shape index (κ3) is 5.39. The third-order valence-corrected chi connectivity index (χ3v) is 2.75. The van der Waals surface area contributed by atoms with E-state index in [-0.39, 0.29) is 18.3 Å². The number of rotatable bonds is 5. The van der Waals surface area contributed by atoms with E-state index in [0.29, 0.717) is 30.8 Å². The van der Waals surface area contributed by atoms with Gasteiger partial charge in [-0.25, -0.2) is 0 Å². The summed E-state index contributed by atoms with van der Waals surface area (Å²) in [4.78, 5) is 11.5. The van der Waals surface area contributed by atoms with Crippen molar-refractivity contribution in [1.29, 1.82) is 0 Å². The molecule has 1 rings (SSSR count). The van der Waals surface area contributed by atoms with E-state index in [4.69, 9.17) is 10.5 Å². The number of carbonyl (C=O) groups is 1. The molecular weight excluding hydrogens is 307 g/mol. The Balaban J connectivity index is 0.00000256. The normalized spacial score (nSPS) is 9.35. The summed E-state index contributed by atoms with van der Waals surface area (Å²) in [5, 5.41) is 2.80. The Hall–Kier alpha value is -0.780. The summed E-state index contributed by atoms with van der Waals surface area (Å²) in [6.45, 7) is 0.521. The number of methoxy groups -OCH3 is 1. The number of amides is 1. The summed E-state index contributed by atoms with van der Waals surface area (Å²) in [5.74, 6) is 0.664. The first-order chi connectivity index (χ1) is 7.67. The van der Waals surface area contributed by atoms with Gasteiger partial charge in [-0.2, -0.15) is 0 Å². The number of hydrogen-bond acceptors (Lipinski definition) is 3. The number of nitrogens with one attached hydrogen (secondary N) is 1. The van der Waals surface area contributed by atoms with Crippen molar-refractivity contribution in [3.63, 3.8) is 0 Å². The van der Waals surface area contributed by atoms with E-state index >= 15 is 0 Å². The van der Waals surface area contributed by atoms with Crippen molar-refractivity contribution < 1.29 is 9.53 Å². The van der Waals surface area contributed by atoms with E-state index in [9.17, 15) is 4.79 Å². The lowest BCUT2D eigenvalue weighted by Gasteiger charge is -2.08. The van der Waals surface area contributed by atoms with Crippen molar-refractivity contribution in [3.05, 3.63) is 22.7 Å². The number of anilines is 1. The van der Waals surface area contributed by atoms with E-state index in [2.05, 4.69) is 21.2 Å². The molecule has 0 heterocycles. The van der Waals surface area contributed by atoms with Gasteiger partial charge in [-0.1, -0.05) is 0 Å². The highest BCUT2D eigenvalue weighted by molar-refractivity contribution is 9.10. The van der Waals surface area contributed by atoms with Gasteiger partial charge in [-0.15, -0.1) is 12.4 Å². The zero-order valence-electron chi connectivity index (χ0n) is 9.53. The zero-order valence-corrected chi connectivity index (χ0v) is 11.9. The Kier molecular flexibility index (Phi) is 7.95. The zero-order chi connectivity index (χ0) is 12.0. The maximum atomic E-state index is 11.5. The van der Waals surface area contributed by atoms with Crippen molar-refractivity contribution in [2.45, 2.75) is 12.8 Å². The number of halogens is 2. The summed E-state index contributed by atoms with van der Waals surface area (Å²) in [7, 11) is 1.59. The quantitative estimate of drug-likeness (QED) is 0.875. The highest BCUT2D eigenvalue weighted by Crippen LogP contribution is 2.27. The minimum Gasteiger partial charge on any atom is -0.497 e. The molecule has 0 radical (unpaired) electrons. The van der Waals surface area contributed by atoms with Crippen molar-refractivity contribution in [2.75, 3.05) is 19.0 Å². The topological polar surface area (TPSA) is 64.3 Å². The molecular formula is C11H16BrClN2O2. The van der Waals surface area contributed by atoms with E-state index in [1.165, 1.54) is 0 Å². The van der Waals surface area contributed by atoms with Gasteiger partial charge in [0.1, 0.15) is 5.75 Å². The van der Waals surface area contributed by atoms with Gasteiger partial charge in [0, 0.05) is 17.0 Å². The molecule has 0 atom stereocenters. The molecule has 0 aromatic heterocycles. The fourth-order valence-electron chi connectivity index (χ4n) is 1.20. The molecule has 0 fully saturated rings. The smallest absolute Gasteiger partial charge is 0.224 e. The monoisotopic (exact) mass is 322 g/mol. The highest BCUT2D eigenvalue weighted by Gasteiger charge is 2.06. The number of carbonyl (C=O) groups excluding carboxylic acids is 1. The Morgan fingerprint density at radius 3 is 2.82 bits per heavy atom. The second-order valence-electron chi connectivity index (χ2n) is 3.29. The van der Waals surface area contributed by atoms with Crippen molar-refractivity contribution in [1.82, 2.24) is 0 Å². The van der Waals surface area contributed by atoms with Crippen LogP contribution in [-0.4, -0.2) is 19.6 Å². The standard InChI is InChI=1S/C11H15BrN2O2.ClH/c1-16-8-4-5-9(12)10(7-8)14-11(15)3-2-6-13;/h4-5,7H,2-3,6,13H2,1H3,(H,14,15);1H. The van der Waals surface area contributed by atoms with Gasteiger partial charge in [0.15, 0.2) is 0 Å². The summed E-state index contributed by atoms with van der Waals surface area (Å²) >= 11 is 3.36. The first-order valence-corrected chi connectivity index (χ1v) is 5.80. The fraction of sp³-hybridized carbons (Fsp3) is 0.364. The Bertz CT molecular complexity index is 374. The van der Waals surface area contributed by atoms with Crippen LogP contribution in [-0.2, 0) is 4.79 Å². The van der Waals surface area contributed by atoms with E-state index in [1.54, 1.807) is 13.2 Å². The molecule has 0 unspecified atom stereocenters. The highest BCUT2D eigenvalue weighted by atomic mass is 79.9. The van der Waals surface area contributed by atoms with Crippen LogP contribution >= 0.6 is 28.3 Å². The van der Waals surface area contributed by atoms with Crippen LogP contribution in [0, 0.1) is 0 Å². The van der Waals surface area contributed by atoms with E-state index in [1.807, 2.05) is 12.1 Å². The minimum atomic E-state index is -0.0422. The third-order valence-electron chi connectivity index (χ3n) is 2.06. The second kappa shape index (κ2) is 8.33. The molecule has 0 aliphatic carbocycles. The molecule has 0 spiro atoms. The minimum absolute atomic E-state index is 0. The van der Waals surface area contributed by atoms with Gasteiger partial charge in [-0.3, -0.25) is 4.79 Å². The molecule has 1 aromatic carbocycles. The summed E-state index contributed by atoms with van der Waals surface area (Å²) in [5.41, 5.74) is 6.05. The van der Waals surface area contributed by atoms with Gasteiger partial charge >= 0.3 is 0 Å². The molecule has 0 aliphatic rings. The Morgan fingerprint density at radius 2 is 2.24 bits per heavy atom. The molecule has 0 bridgehead atoms. The Labute approximate surface area is 115 Å². The van der Waals surface area contributed by atoms with Gasteiger partial charge in [0.05, 0.1) is 12.8 Å². The number of hydrogen-bond donors (Lipinski definition) is 2. The molecule has 1 amide bonds. The summed E-state index contributed by atoms with van der Waals surface area (Å²) in [6.07, 6.45) is 1.12. The van der Waals surface area contributed by atoms with Gasteiger partial charge in [-0.05, 0) is 41.0 Å². The van der Waals surface area contributed by atoms with Gasteiger partial charge in [0.2, 0.25) is 5.91 Å². The van der Waals surface area contributed by atoms with Crippen molar-refractivity contribution in [3.8, 4) is 5.75 Å². The maximum Gasteiger partial charge on any atom is 0.224 e. The van der Waals surface area contributed by atoms with Crippen molar-refractivity contribution >= 4 is 39.9 Å². The lowest BCUT2D eigenvalue weighted by Crippen LogP contribution is -2.13. The lowest BCUT2D eigenvalue weighted by molar-refractivity contribution is -0.116. The van der Waals surface area contributed by atoms with Crippen LogP contribution in [0.15, 0.2) is 22.7 Å². The van der Waals surface area contributed by atoms with Gasteiger partial charge in [0.25, 0.3) is 0 Å². The molecule has 0 saturated heterocycles. The van der Waals surface area contributed by atoms with Crippen LogP contribution in [0.2, 0.25) is 0 Å². The molecule has 17 heavy (non-hydrogen) atoms. The average Bonchev–Trinajstić information content (AvgIpc) is 2.29. The van der Waals surface area contributed by atoms with E-state index < -0.39 is 0 Å². The predicted molar refractivity (Wildman–Crippen MR) is 74.9 cm³/mol. The molecule has 0 aliphatic heterocycles. The molecule has 4 nitrogen and oxygen atoms in total. The first-order valence-electron chi connectivity index (χ1n) is 5.01. The maximum absolute atomic E-state index is 11.5. The predicted octanol–water partition coefficient (Wildman–Crippen LogP) is 2.56. The first kappa shape index (κ1) is 16.2. The van der Waals surface area contributed by atoms with Crippen LogP contribution in [0.25, 0.3) is 0 Å². The molecule has 0 saturated carbocycles. The summed E-state index contributed by atoms with van der Waals surface area (Å²) < 4.78 is 5.91. The molecule has 1 aromatic rings. The number of benzene rings is 1. The number of nitrogens with two attached hydrogens (primary N) is 1. The largest absolute Gasteiger partial charge is 0.497 e. The van der Waals surface area contributed by atoms with Crippen LogP contribution in [0.1, 0.15) is 12.8 Å². The van der Waals surface area contributed by atoms with Crippen molar-refractivity contribution in [2.24, 2.45) is 5.73 Å². The molecule has 6 heteroatoms. The van der Waals surface area contributed by atoms with E-state index in [0.717, 1.165) is 4.47 Å². The average molecular weight is 324 g/mol. The lowest BCUT2D eigenvalue weighted by atomic mass is 10.2. The SMILES string of the molecule is COc1ccc(Br)c(NC(=O)CCCN)c1.Cl. The van der Waals surface area contributed by atoms with Crippen LogP contribution in [0.4, 0.5) is 5.69 Å². The Morgan fingerprint density at radius 1 is 1.53 bits per heavy atom. The molecule has 3 N–H and O–H groups in total. The number of ether oxygens (including phenoxy) is 1.